The number of imidazole rings is 1. The lowest BCUT2D eigenvalue weighted by molar-refractivity contribution is -0.134. The molecule has 3 aromatic rings. The van der Waals surface area contributed by atoms with Gasteiger partial charge < -0.3 is 14.4 Å². The highest BCUT2D eigenvalue weighted by Crippen LogP contribution is 2.26. The maximum Gasteiger partial charge on any atom is 0.300 e. The molecule has 0 amide bonds. The molecule has 0 unspecified atom stereocenters. The molecule has 0 saturated carbocycles. The molecule has 3 heterocycles. The van der Waals surface area contributed by atoms with Crippen LogP contribution in [0.15, 0.2) is 43.1 Å². The first-order valence-electron chi connectivity index (χ1n) is 7.68. The number of ether oxygens (including phenoxy) is 1. The van der Waals surface area contributed by atoms with Gasteiger partial charge in [-0.25, -0.2) is 9.97 Å². The summed E-state index contributed by atoms with van der Waals surface area (Å²) in [6.45, 7) is 1.92. The molecule has 0 atom stereocenters. The Hall–Kier alpha value is -3.16. The molecule has 3 aromatic heterocycles. The Kier molecular flexibility index (Phi) is 6.27. The van der Waals surface area contributed by atoms with E-state index in [4.69, 9.17) is 14.6 Å². The third-order valence-electron chi connectivity index (χ3n) is 3.32. The standard InChI is InChI=1S/C15H17N5O.C2H4O2/c1-19-11-12(10-18-19)5-8-20-9-7-16-14(20)13-4-3-6-17-15(13)21-2;1-2(3)4/h3-4,6-7,9-11H,5,8H2,1-2H3;1H3,(H,3,4). The minimum Gasteiger partial charge on any atom is -0.481 e. The Morgan fingerprint density at radius 3 is 2.72 bits per heavy atom. The first-order valence-corrected chi connectivity index (χ1v) is 7.68. The van der Waals surface area contributed by atoms with Gasteiger partial charge in [0.1, 0.15) is 5.82 Å². The number of nitrogens with zero attached hydrogens (tertiary/aromatic N) is 5. The number of carboxylic acids is 1. The lowest BCUT2D eigenvalue weighted by Gasteiger charge is -2.09. The van der Waals surface area contributed by atoms with Gasteiger partial charge in [0.05, 0.1) is 18.9 Å². The Labute approximate surface area is 145 Å². The van der Waals surface area contributed by atoms with E-state index in [-0.39, 0.29) is 0 Å². The van der Waals surface area contributed by atoms with Crippen LogP contribution in [0.25, 0.3) is 11.4 Å². The van der Waals surface area contributed by atoms with Gasteiger partial charge in [-0.05, 0) is 24.1 Å². The van der Waals surface area contributed by atoms with Crippen molar-refractivity contribution in [3.63, 3.8) is 0 Å². The largest absolute Gasteiger partial charge is 0.481 e. The number of aliphatic carboxylic acids is 1. The zero-order valence-electron chi connectivity index (χ0n) is 14.5. The highest BCUT2D eigenvalue weighted by atomic mass is 16.5. The van der Waals surface area contributed by atoms with E-state index in [0.717, 1.165) is 31.3 Å². The molecular weight excluding hydrogens is 322 g/mol. The molecule has 0 aliphatic carbocycles. The van der Waals surface area contributed by atoms with Crippen LogP contribution in [0, 0.1) is 0 Å². The van der Waals surface area contributed by atoms with Crippen molar-refractivity contribution in [3.05, 3.63) is 48.7 Å². The molecule has 3 rings (SSSR count). The summed E-state index contributed by atoms with van der Waals surface area (Å²) in [7, 11) is 3.54. The van der Waals surface area contributed by atoms with Gasteiger partial charge in [0.25, 0.3) is 5.97 Å². The molecule has 0 fully saturated rings. The molecule has 0 aromatic carbocycles. The number of methoxy groups -OCH3 is 1. The normalized spacial score (nSPS) is 10.0. The summed E-state index contributed by atoms with van der Waals surface area (Å²) in [5.41, 5.74) is 2.10. The van der Waals surface area contributed by atoms with Crippen molar-refractivity contribution in [3.8, 4) is 17.3 Å². The third kappa shape index (κ3) is 5.17. The Bertz CT molecular complexity index is 821. The van der Waals surface area contributed by atoms with Crippen LogP contribution < -0.4 is 4.74 Å². The first kappa shape index (κ1) is 18.2. The number of aromatic nitrogens is 5. The van der Waals surface area contributed by atoms with Crippen LogP contribution in [0.5, 0.6) is 5.88 Å². The number of carbonyl (C=O) groups is 1. The highest BCUT2D eigenvalue weighted by molar-refractivity contribution is 5.63. The summed E-state index contributed by atoms with van der Waals surface area (Å²) < 4.78 is 9.23. The maximum absolute atomic E-state index is 9.00. The van der Waals surface area contributed by atoms with Gasteiger partial charge in [-0.2, -0.15) is 5.10 Å². The second-order valence-electron chi connectivity index (χ2n) is 5.30. The van der Waals surface area contributed by atoms with Crippen molar-refractivity contribution in [1.82, 2.24) is 24.3 Å². The van der Waals surface area contributed by atoms with Crippen LogP contribution in [0.1, 0.15) is 12.5 Å². The van der Waals surface area contributed by atoms with Crippen LogP contribution in [0.3, 0.4) is 0 Å². The van der Waals surface area contributed by atoms with Crippen molar-refractivity contribution >= 4 is 5.97 Å². The molecule has 0 saturated heterocycles. The smallest absolute Gasteiger partial charge is 0.300 e. The van der Waals surface area contributed by atoms with Crippen LogP contribution >= 0.6 is 0 Å². The number of carboxylic acid groups (broad SMARTS) is 1. The quantitative estimate of drug-likeness (QED) is 0.761. The summed E-state index contributed by atoms with van der Waals surface area (Å²) in [4.78, 5) is 17.7. The monoisotopic (exact) mass is 343 g/mol. The molecule has 0 spiro atoms. The predicted molar refractivity (Wildman–Crippen MR) is 92.2 cm³/mol. The fourth-order valence-electron chi connectivity index (χ4n) is 2.31. The van der Waals surface area contributed by atoms with Crippen LogP contribution in [-0.4, -0.2) is 42.5 Å². The molecule has 1 N–H and O–H groups in total. The zero-order chi connectivity index (χ0) is 18.2. The van der Waals surface area contributed by atoms with Crippen molar-refractivity contribution in [2.24, 2.45) is 7.05 Å². The zero-order valence-corrected chi connectivity index (χ0v) is 14.5. The average Bonchev–Trinajstić information content (AvgIpc) is 3.21. The maximum atomic E-state index is 9.00. The van der Waals surface area contributed by atoms with E-state index in [0.29, 0.717) is 5.88 Å². The highest BCUT2D eigenvalue weighted by Gasteiger charge is 2.12. The Morgan fingerprint density at radius 1 is 1.32 bits per heavy atom. The van der Waals surface area contributed by atoms with Gasteiger partial charge in [-0.15, -0.1) is 0 Å². The van der Waals surface area contributed by atoms with Gasteiger partial charge in [0.15, 0.2) is 0 Å². The van der Waals surface area contributed by atoms with E-state index in [1.807, 2.05) is 42.5 Å². The molecule has 8 heteroatoms. The lowest BCUT2D eigenvalue weighted by Crippen LogP contribution is -2.03. The summed E-state index contributed by atoms with van der Waals surface area (Å²) in [6, 6.07) is 3.85. The average molecular weight is 343 g/mol. The predicted octanol–water partition coefficient (Wildman–Crippen LogP) is 2.02. The molecule has 0 bridgehead atoms. The fraction of sp³-hybridized carbons (Fsp3) is 0.294. The SMILES string of the molecule is CC(=O)O.COc1ncccc1-c1nccn1CCc1cnn(C)c1. The minimum absolute atomic E-state index is 0.589. The van der Waals surface area contributed by atoms with Gasteiger partial charge in [-0.3, -0.25) is 9.48 Å². The molecule has 0 aliphatic heterocycles. The topological polar surface area (TPSA) is 95.1 Å². The molecule has 0 aliphatic rings. The van der Waals surface area contributed by atoms with E-state index < -0.39 is 5.97 Å². The van der Waals surface area contributed by atoms with Gasteiger partial charge in [-0.1, -0.05) is 0 Å². The van der Waals surface area contributed by atoms with Gasteiger partial charge >= 0.3 is 0 Å². The van der Waals surface area contributed by atoms with Crippen molar-refractivity contribution < 1.29 is 14.6 Å². The van der Waals surface area contributed by atoms with Crippen molar-refractivity contribution in [2.75, 3.05) is 7.11 Å². The van der Waals surface area contributed by atoms with Crippen LogP contribution in [0.4, 0.5) is 0 Å². The van der Waals surface area contributed by atoms with E-state index >= 15 is 0 Å². The molecule has 25 heavy (non-hydrogen) atoms. The lowest BCUT2D eigenvalue weighted by atomic mass is 10.2. The molecular formula is C17H21N5O3. The Morgan fingerprint density at radius 2 is 2.08 bits per heavy atom. The van der Waals surface area contributed by atoms with Gasteiger partial charge in [0, 0.05) is 45.3 Å². The number of aryl methyl sites for hydroxylation is 3. The van der Waals surface area contributed by atoms with Crippen molar-refractivity contribution in [1.29, 1.82) is 0 Å². The number of hydrogen-bond donors (Lipinski definition) is 1. The number of rotatable bonds is 5. The van der Waals surface area contributed by atoms with E-state index in [2.05, 4.69) is 19.6 Å². The summed E-state index contributed by atoms with van der Waals surface area (Å²) >= 11 is 0. The Balaban J connectivity index is 0.000000511. The number of hydrogen-bond acceptors (Lipinski definition) is 5. The number of pyridine rings is 1. The summed E-state index contributed by atoms with van der Waals surface area (Å²) in [5.74, 6) is 0.621. The third-order valence-corrected chi connectivity index (χ3v) is 3.32. The van der Waals surface area contributed by atoms with Crippen LogP contribution in [0.2, 0.25) is 0 Å². The van der Waals surface area contributed by atoms with Crippen LogP contribution in [-0.2, 0) is 24.8 Å². The molecule has 132 valence electrons. The van der Waals surface area contributed by atoms with Crippen molar-refractivity contribution in [2.45, 2.75) is 19.9 Å². The molecule has 8 nitrogen and oxygen atoms in total. The van der Waals surface area contributed by atoms with Gasteiger partial charge in [0.2, 0.25) is 5.88 Å². The first-order chi connectivity index (χ1) is 12.0. The summed E-state index contributed by atoms with van der Waals surface area (Å²) in [6.07, 6.45) is 10.3. The molecule has 0 radical (unpaired) electrons. The summed E-state index contributed by atoms with van der Waals surface area (Å²) in [5, 5.41) is 11.6. The fourth-order valence-corrected chi connectivity index (χ4v) is 2.31. The van der Waals surface area contributed by atoms with E-state index in [1.165, 1.54) is 5.56 Å². The second kappa shape index (κ2) is 8.62. The van der Waals surface area contributed by atoms with E-state index in [9.17, 15) is 0 Å². The minimum atomic E-state index is -0.833. The second-order valence-corrected chi connectivity index (χ2v) is 5.30. The van der Waals surface area contributed by atoms with E-state index in [1.54, 1.807) is 19.5 Å².